The predicted molar refractivity (Wildman–Crippen MR) is 29.7 cm³/mol. The van der Waals surface area contributed by atoms with Crippen molar-refractivity contribution in [1.29, 1.82) is 0 Å². The smallest absolute Gasteiger partial charge is 0.371 e. The molecule has 1 N–H and O–H groups in total. The van der Waals surface area contributed by atoms with E-state index in [0.29, 0.717) is 0 Å². The standard InChI is InChI=1S/C5H9F3O3/c6-5(7,8)1-2-10-4-11-3-9/h9H,1-4H2. The average Bonchev–Trinajstić information content (AvgIpc) is 1.85. The highest BCUT2D eigenvalue weighted by Crippen LogP contribution is 2.18. The van der Waals surface area contributed by atoms with E-state index >= 15 is 0 Å². The van der Waals surface area contributed by atoms with Gasteiger partial charge in [0, 0.05) is 0 Å². The highest BCUT2D eigenvalue weighted by molar-refractivity contribution is 4.46. The Morgan fingerprint density at radius 1 is 1.18 bits per heavy atom. The van der Waals surface area contributed by atoms with Crippen LogP contribution < -0.4 is 0 Å². The van der Waals surface area contributed by atoms with Gasteiger partial charge in [0.05, 0.1) is 13.0 Å². The molecule has 11 heavy (non-hydrogen) atoms. The van der Waals surface area contributed by atoms with E-state index in [1.54, 1.807) is 0 Å². The summed E-state index contributed by atoms with van der Waals surface area (Å²) < 4.78 is 42.7. The van der Waals surface area contributed by atoms with Crippen molar-refractivity contribution in [2.75, 3.05) is 20.2 Å². The van der Waals surface area contributed by atoms with Gasteiger partial charge in [0.15, 0.2) is 0 Å². The van der Waals surface area contributed by atoms with E-state index < -0.39 is 26.0 Å². The Hall–Kier alpha value is -0.330. The van der Waals surface area contributed by atoms with Crippen LogP contribution in [0.2, 0.25) is 0 Å². The maximum atomic E-state index is 11.4. The molecule has 0 aromatic carbocycles. The third kappa shape index (κ3) is 9.67. The zero-order valence-corrected chi connectivity index (χ0v) is 5.73. The minimum atomic E-state index is -4.20. The Morgan fingerprint density at radius 3 is 2.27 bits per heavy atom. The lowest BCUT2D eigenvalue weighted by atomic mass is 10.4. The topological polar surface area (TPSA) is 38.7 Å². The summed E-state index contributed by atoms with van der Waals surface area (Å²) in [5.74, 6) is 0. The minimum absolute atomic E-state index is 0.313. The maximum absolute atomic E-state index is 11.4. The van der Waals surface area contributed by atoms with Crippen molar-refractivity contribution in [1.82, 2.24) is 0 Å². The Morgan fingerprint density at radius 2 is 1.82 bits per heavy atom. The highest BCUT2D eigenvalue weighted by atomic mass is 19.4. The molecule has 0 fully saturated rings. The number of alkyl halides is 3. The van der Waals surface area contributed by atoms with Crippen LogP contribution in [0.4, 0.5) is 13.2 Å². The summed E-state index contributed by atoms with van der Waals surface area (Å²) in [5.41, 5.74) is 0. The molecule has 0 saturated heterocycles. The summed E-state index contributed by atoms with van der Waals surface area (Å²) in [6, 6.07) is 0. The van der Waals surface area contributed by atoms with Crippen LogP contribution >= 0.6 is 0 Å². The van der Waals surface area contributed by atoms with Crippen LogP contribution in [0.25, 0.3) is 0 Å². The van der Waals surface area contributed by atoms with Crippen molar-refractivity contribution in [3.8, 4) is 0 Å². The Balaban J connectivity index is 3.02. The lowest BCUT2D eigenvalue weighted by Gasteiger charge is -2.06. The summed E-state index contributed by atoms with van der Waals surface area (Å²) in [7, 11) is 0. The number of hydrogen-bond acceptors (Lipinski definition) is 3. The molecule has 6 heteroatoms. The highest BCUT2D eigenvalue weighted by Gasteiger charge is 2.26. The SMILES string of the molecule is OCOCOCCC(F)(F)F. The fourth-order valence-corrected chi connectivity index (χ4v) is 0.343. The van der Waals surface area contributed by atoms with Gasteiger partial charge in [0.2, 0.25) is 0 Å². The minimum Gasteiger partial charge on any atom is -0.371 e. The number of hydrogen-bond donors (Lipinski definition) is 1. The molecule has 0 radical (unpaired) electrons. The van der Waals surface area contributed by atoms with Crippen LogP contribution in [-0.4, -0.2) is 31.5 Å². The molecule has 0 aromatic rings. The number of ether oxygens (including phenoxy) is 2. The van der Waals surface area contributed by atoms with Crippen molar-refractivity contribution < 1.29 is 27.8 Å². The quantitative estimate of drug-likeness (QED) is 0.496. The van der Waals surface area contributed by atoms with Crippen molar-refractivity contribution in [3.63, 3.8) is 0 Å². The van der Waals surface area contributed by atoms with E-state index in [1.165, 1.54) is 0 Å². The number of aliphatic hydroxyl groups is 1. The molecule has 0 amide bonds. The van der Waals surface area contributed by atoms with E-state index in [-0.39, 0.29) is 6.79 Å². The van der Waals surface area contributed by atoms with Crippen molar-refractivity contribution in [3.05, 3.63) is 0 Å². The van der Waals surface area contributed by atoms with Crippen LogP contribution in [0.1, 0.15) is 6.42 Å². The monoisotopic (exact) mass is 174 g/mol. The van der Waals surface area contributed by atoms with Crippen molar-refractivity contribution >= 4 is 0 Å². The van der Waals surface area contributed by atoms with Gasteiger partial charge >= 0.3 is 6.18 Å². The first-order chi connectivity index (χ1) is 5.06. The van der Waals surface area contributed by atoms with Gasteiger partial charge in [-0.05, 0) is 0 Å². The second-order valence-electron chi connectivity index (χ2n) is 1.72. The Bertz CT molecular complexity index is 93.5. The summed E-state index contributed by atoms with van der Waals surface area (Å²) >= 11 is 0. The molecule has 68 valence electrons. The van der Waals surface area contributed by atoms with E-state index in [9.17, 15) is 13.2 Å². The Kier molecular flexibility index (Phi) is 5.18. The van der Waals surface area contributed by atoms with Gasteiger partial charge in [-0.1, -0.05) is 0 Å². The average molecular weight is 174 g/mol. The number of rotatable bonds is 5. The molecule has 0 saturated carbocycles. The van der Waals surface area contributed by atoms with Crippen molar-refractivity contribution in [2.45, 2.75) is 12.6 Å². The number of halogens is 3. The van der Waals surface area contributed by atoms with Gasteiger partial charge in [-0.3, -0.25) is 0 Å². The maximum Gasteiger partial charge on any atom is 0.391 e. The van der Waals surface area contributed by atoms with E-state index in [0.717, 1.165) is 0 Å². The second kappa shape index (κ2) is 5.34. The lowest BCUT2D eigenvalue weighted by molar-refractivity contribution is -0.162. The van der Waals surface area contributed by atoms with Gasteiger partial charge in [-0.2, -0.15) is 13.2 Å². The van der Waals surface area contributed by atoms with Crippen LogP contribution in [-0.2, 0) is 9.47 Å². The molecule has 0 aliphatic rings. The first-order valence-electron chi connectivity index (χ1n) is 2.89. The lowest BCUT2D eigenvalue weighted by Crippen LogP contribution is -2.12. The fourth-order valence-electron chi connectivity index (χ4n) is 0.343. The Labute approximate surface area is 61.7 Å². The van der Waals surface area contributed by atoms with Gasteiger partial charge in [0.1, 0.15) is 13.6 Å². The molecule has 0 unspecified atom stereocenters. The molecular weight excluding hydrogens is 165 g/mol. The third-order valence-electron chi connectivity index (χ3n) is 0.788. The molecule has 0 aliphatic heterocycles. The van der Waals surface area contributed by atoms with Crippen LogP contribution in [0.15, 0.2) is 0 Å². The van der Waals surface area contributed by atoms with Gasteiger partial charge in [-0.15, -0.1) is 0 Å². The molecule has 0 atom stereocenters. The molecular formula is C5H9F3O3. The molecule has 0 rings (SSSR count). The molecule has 0 aromatic heterocycles. The van der Waals surface area contributed by atoms with E-state index in [1.807, 2.05) is 0 Å². The first kappa shape index (κ1) is 10.7. The third-order valence-corrected chi connectivity index (χ3v) is 0.788. The van der Waals surface area contributed by atoms with E-state index in [4.69, 9.17) is 5.11 Å². The first-order valence-corrected chi connectivity index (χ1v) is 2.89. The molecule has 0 aliphatic carbocycles. The van der Waals surface area contributed by atoms with Gasteiger partial charge < -0.3 is 14.6 Å². The second-order valence-corrected chi connectivity index (χ2v) is 1.72. The van der Waals surface area contributed by atoms with Crippen LogP contribution in [0.5, 0.6) is 0 Å². The zero-order chi connectivity index (χ0) is 8.74. The molecule has 0 heterocycles. The van der Waals surface area contributed by atoms with Crippen LogP contribution in [0, 0.1) is 0 Å². The molecule has 0 spiro atoms. The largest absolute Gasteiger partial charge is 0.391 e. The summed E-state index contributed by atoms with van der Waals surface area (Å²) in [5, 5.41) is 8.00. The van der Waals surface area contributed by atoms with Gasteiger partial charge in [-0.25, -0.2) is 0 Å². The fraction of sp³-hybridized carbons (Fsp3) is 1.00. The normalized spacial score (nSPS) is 12.0. The van der Waals surface area contributed by atoms with Crippen molar-refractivity contribution in [2.24, 2.45) is 0 Å². The summed E-state index contributed by atoms with van der Waals surface area (Å²) in [4.78, 5) is 0. The molecule has 3 nitrogen and oxygen atoms in total. The summed E-state index contributed by atoms with van der Waals surface area (Å²) in [6.07, 6.45) is -5.19. The zero-order valence-electron chi connectivity index (χ0n) is 5.73. The predicted octanol–water partition coefficient (Wildman–Crippen LogP) is 0.879. The van der Waals surface area contributed by atoms with E-state index in [2.05, 4.69) is 9.47 Å². The van der Waals surface area contributed by atoms with Gasteiger partial charge in [0.25, 0.3) is 0 Å². The molecule has 0 bridgehead atoms. The summed E-state index contributed by atoms with van der Waals surface area (Å²) in [6.45, 7) is -1.30. The number of aliphatic hydroxyl groups excluding tert-OH is 1. The van der Waals surface area contributed by atoms with Crippen LogP contribution in [0.3, 0.4) is 0 Å².